The lowest BCUT2D eigenvalue weighted by Gasteiger charge is -2.49. The Morgan fingerprint density at radius 2 is 1.63 bits per heavy atom. The summed E-state index contributed by atoms with van der Waals surface area (Å²) in [6.45, 7) is 9.40. The van der Waals surface area contributed by atoms with E-state index < -0.39 is 30.4 Å². The zero-order valence-electron chi connectivity index (χ0n) is 17.1. The molecule has 0 N–H and O–H groups in total. The van der Waals surface area contributed by atoms with E-state index in [1.54, 1.807) is 0 Å². The van der Waals surface area contributed by atoms with Gasteiger partial charge in [0, 0.05) is 25.7 Å². The molecule has 1 saturated heterocycles. The maximum atomic E-state index is 13.5. The van der Waals surface area contributed by atoms with Gasteiger partial charge in [-0.3, -0.25) is 14.4 Å². The molecule has 6 heteroatoms. The molecule has 3 unspecified atom stereocenters. The summed E-state index contributed by atoms with van der Waals surface area (Å²) in [6.07, 6.45) is 4.07. The second-order valence-corrected chi connectivity index (χ2v) is 9.66. The molecule has 3 aliphatic rings. The maximum Gasteiger partial charge on any atom is 0.304 e. The molecule has 1 heterocycles. The molecule has 2 saturated carbocycles. The minimum absolute atomic E-state index is 0.0515. The topological polar surface area (TPSA) is 78.9 Å². The van der Waals surface area contributed by atoms with Gasteiger partial charge in [-0.2, -0.15) is 0 Å². The second kappa shape index (κ2) is 7.19. The molecule has 0 bridgehead atoms. The molecule has 0 amide bonds. The number of Topliss-reactive ketones (excluding diaryl/α,β-unsaturated/α-hetero) is 1. The van der Waals surface area contributed by atoms with Crippen LogP contribution in [0.1, 0.15) is 73.1 Å². The van der Waals surface area contributed by atoms with Crippen LogP contribution < -0.4 is 0 Å². The Hall–Kier alpha value is -1.43. The lowest BCUT2D eigenvalue weighted by molar-refractivity contribution is -0.214. The molecule has 0 aromatic carbocycles. The van der Waals surface area contributed by atoms with E-state index in [4.69, 9.17) is 14.2 Å². The van der Waals surface area contributed by atoms with Gasteiger partial charge in [-0.25, -0.2) is 0 Å². The Labute approximate surface area is 161 Å². The van der Waals surface area contributed by atoms with Gasteiger partial charge in [-0.1, -0.05) is 27.2 Å². The molecule has 3 fully saturated rings. The van der Waals surface area contributed by atoms with Crippen LogP contribution in [0.4, 0.5) is 0 Å². The fourth-order valence-electron chi connectivity index (χ4n) is 5.86. The summed E-state index contributed by atoms with van der Waals surface area (Å²) in [5.74, 6) is -1.73. The number of carbonyl (C=O) groups is 3. The van der Waals surface area contributed by atoms with Crippen LogP contribution in [0.25, 0.3) is 0 Å². The van der Waals surface area contributed by atoms with Gasteiger partial charge in [0.1, 0.15) is 5.78 Å². The van der Waals surface area contributed by atoms with E-state index in [2.05, 4.69) is 20.8 Å². The number of hydrogen-bond donors (Lipinski definition) is 0. The highest BCUT2D eigenvalue weighted by molar-refractivity contribution is 5.86. The molecule has 6 nitrogen and oxygen atoms in total. The van der Waals surface area contributed by atoms with Crippen molar-refractivity contribution in [1.29, 1.82) is 0 Å². The summed E-state index contributed by atoms with van der Waals surface area (Å²) in [5.41, 5.74) is 0.177. The quantitative estimate of drug-likeness (QED) is 0.696. The smallest absolute Gasteiger partial charge is 0.304 e. The zero-order chi connectivity index (χ0) is 20.0. The average Bonchev–Trinajstić information content (AvgIpc) is 2.83. The van der Waals surface area contributed by atoms with E-state index in [-0.39, 0.29) is 28.4 Å². The molecule has 0 aromatic heterocycles. The minimum Gasteiger partial charge on any atom is -0.435 e. The first-order valence-electron chi connectivity index (χ1n) is 10.1. The van der Waals surface area contributed by atoms with Crippen molar-refractivity contribution in [2.45, 2.75) is 85.7 Å². The number of hydrogen-bond acceptors (Lipinski definition) is 6. The molecule has 0 spiro atoms. The van der Waals surface area contributed by atoms with Gasteiger partial charge < -0.3 is 14.2 Å². The number of rotatable bonds is 3. The first-order chi connectivity index (χ1) is 12.5. The first-order valence-corrected chi connectivity index (χ1v) is 10.1. The van der Waals surface area contributed by atoms with Gasteiger partial charge in [-0.05, 0) is 42.9 Å². The highest BCUT2D eigenvalue weighted by Gasteiger charge is 2.58. The second-order valence-electron chi connectivity index (χ2n) is 9.66. The minimum atomic E-state index is -0.965. The zero-order valence-corrected chi connectivity index (χ0v) is 17.1. The molecule has 152 valence electrons. The van der Waals surface area contributed by atoms with Crippen molar-refractivity contribution in [2.24, 2.45) is 28.6 Å². The number of ether oxygens (including phenoxy) is 3. The van der Waals surface area contributed by atoms with Crippen LogP contribution in [0.15, 0.2) is 0 Å². The third kappa shape index (κ3) is 4.05. The standard InChI is InChI=1S/C21H32O6/c1-12(22)25-18-14-7-8-15(21(5)10-6-9-20(3,4)11-21)17(24)16(14)19(27-18)26-13(2)23/h14-16,18-19H,6-11H2,1-5H3/t14?,15?,16?,18-,19+,21+/m1/s1. The Morgan fingerprint density at radius 3 is 2.22 bits per heavy atom. The third-order valence-corrected chi connectivity index (χ3v) is 6.72. The summed E-state index contributed by atoms with van der Waals surface area (Å²) in [4.78, 5) is 36.5. The van der Waals surface area contributed by atoms with Crippen LogP contribution in [0.3, 0.4) is 0 Å². The normalized spacial score (nSPS) is 40.9. The first kappa shape index (κ1) is 20.3. The van der Waals surface area contributed by atoms with Crippen LogP contribution in [-0.4, -0.2) is 30.3 Å². The molecule has 1 aliphatic heterocycles. The van der Waals surface area contributed by atoms with Gasteiger partial charge >= 0.3 is 11.9 Å². The van der Waals surface area contributed by atoms with Gasteiger partial charge in [-0.15, -0.1) is 0 Å². The molecule has 6 atom stereocenters. The van der Waals surface area contributed by atoms with Crippen LogP contribution in [0.2, 0.25) is 0 Å². The Bertz CT molecular complexity index is 626. The fraction of sp³-hybridized carbons (Fsp3) is 0.857. The van der Waals surface area contributed by atoms with Crippen LogP contribution in [-0.2, 0) is 28.6 Å². The van der Waals surface area contributed by atoms with E-state index >= 15 is 0 Å². The largest absolute Gasteiger partial charge is 0.435 e. The number of fused-ring (bicyclic) bond motifs is 1. The van der Waals surface area contributed by atoms with Crippen molar-refractivity contribution in [3.8, 4) is 0 Å². The molecular weight excluding hydrogens is 348 g/mol. The fourth-order valence-corrected chi connectivity index (χ4v) is 5.86. The van der Waals surface area contributed by atoms with E-state index in [0.717, 1.165) is 32.1 Å². The molecule has 0 aromatic rings. The highest BCUT2D eigenvalue weighted by Crippen LogP contribution is 2.55. The van der Waals surface area contributed by atoms with Gasteiger partial charge in [0.25, 0.3) is 0 Å². The van der Waals surface area contributed by atoms with Crippen molar-refractivity contribution < 1.29 is 28.6 Å². The van der Waals surface area contributed by atoms with E-state index in [9.17, 15) is 14.4 Å². The van der Waals surface area contributed by atoms with E-state index in [1.165, 1.54) is 20.3 Å². The monoisotopic (exact) mass is 380 g/mol. The van der Waals surface area contributed by atoms with Crippen molar-refractivity contribution in [3.63, 3.8) is 0 Å². The Kier molecular flexibility index (Phi) is 5.41. The van der Waals surface area contributed by atoms with E-state index in [1.807, 2.05) is 0 Å². The Balaban J connectivity index is 1.84. The number of ketones is 1. The van der Waals surface area contributed by atoms with Gasteiger partial charge in [0.05, 0.1) is 5.92 Å². The lowest BCUT2D eigenvalue weighted by atomic mass is 9.55. The van der Waals surface area contributed by atoms with Crippen molar-refractivity contribution in [3.05, 3.63) is 0 Å². The third-order valence-electron chi connectivity index (χ3n) is 6.72. The molecule has 27 heavy (non-hydrogen) atoms. The molecule has 3 rings (SSSR count). The lowest BCUT2D eigenvalue weighted by Crippen LogP contribution is -2.48. The van der Waals surface area contributed by atoms with Crippen LogP contribution in [0.5, 0.6) is 0 Å². The highest BCUT2D eigenvalue weighted by atomic mass is 16.8. The van der Waals surface area contributed by atoms with Crippen molar-refractivity contribution in [1.82, 2.24) is 0 Å². The maximum absolute atomic E-state index is 13.5. The predicted octanol–water partition coefficient (Wildman–Crippen LogP) is 3.61. The van der Waals surface area contributed by atoms with Crippen LogP contribution in [0, 0.1) is 28.6 Å². The molecule has 0 radical (unpaired) electrons. The van der Waals surface area contributed by atoms with Crippen molar-refractivity contribution >= 4 is 17.7 Å². The van der Waals surface area contributed by atoms with E-state index in [0.29, 0.717) is 0 Å². The van der Waals surface area contributed by atoms with Crippen LogP contribution >= 0.6 is 0 Å². The number of esters is 2. The SMILES string of the molecule is CC(=O)O[C@@H]1O[C@H](OC(C)=O)C2C(=O)C([C@@]3(C)CCCC(C)(C)C3)CCC21. The summed E-state index contributed by atoms with van der Waals surface area (Å²) < 4.78 is 16.3. The summed E-state index contributed by atoms with van der Waals surface area (Å²) in [7, 11) is 0. The molecule has 2 aliphatic carbocycles. The summed E-state index contributed by atoms with van der Waals surface area (Å²) >= 11 is 0. The Morgan fingerprint density at radius 1 is 1.00 bits per heavy atom. The van der Waals surface area contributed by atoms with Crippen molar-refractivity contribution in [2.75, 3.05) is 0 Å². The summed E-state index contributed by atoms with van der Waals surface area (Å²) in [5, 5.41) is 0. The number of carbonyl (C=O) groups excluding carboxylic acids is 3. The molecular formula is C21H32O6. The summed E-state index contributed by atoms with van der Waals surface area (Å²) in [6, 6.07) is 0. The average molecular weight is 380 g/mol. The van der Waals surface area contributed by atoms with Gasteiger partial charge in [0.15, 0.2) is 0 Å². The van der Waals surface area contributed by atoms with Gasteiger partial charge in [0.2, 0.25) is 12.6 Å². The predicted molar refractivity (Wildman–Crippen MR) is 97.3 cm³/mol.